The highest BCUT2D eigenvalue weighted by atomic mass is 28.4. The first-order chi connectivity index (χ1) is 8.08. The van der Waals surface area contributed by atoms with Gasteiger partial charge in [0, 0.05) is 27.3 Å². The van der Waals surface area contributed by atoms with Gasteiger partial charge in [-0.3, -0.25) is 0 Å². The number of urea groups is 1. The molecule has 0 bridgehead atoms. The minimum absolute atomic E-state index is 0.0864. The molecule has 0 aliphatic rings. The average Bonchev–Trinajstić information content (AvgIpc) is 2.35. The van der Waals surface area contributed by atoms with E-state index in [1.165, 1.54) is 0 Å². The van der Waals surface area contributed by atoms with Gasteiger partial charge >= 0.3 is 14.6 Å². The maximum Gasteiger partial charge on any atom is 0.334 e. The van der Waals surface area contributed by atoms with Crippen LogP contribution in [-0.2, 0) is 8.85 Å². The van der Waals surface area contributed by atoms with E-state index in [4.69, 9.17) is 8.85 Å². The zero-order valence-electron chi connectivity index (χ0n) is 11.5. The number of amides is 2. The molecule has 0 aliphatic carbocycles. The molecule has 2 N–H and O–H groups in total. The maximum atomic E-state index is 11.3. The normalized spacial score (nSPS) is 11.3. The van der Waals surface area contributed by atoms with Gasteiger partial charge in [0.05, 0.1) is 0 Å². The summed E-state index contributed by atoms with van der Waals surface area (Å²) in [5.74, 6) is 0. The third kappa shape index (κ3) is 8.17. The van der Waals surface area contributed by atoms with Crippen LogP contribution in [-0.4, -0.2) is 41.9 Å². The Morgan fingerprint density at radius 2 is 1.65 bits per heavy atom. The Hall–Kier alpha value is -0.593. The van der Waals surface area contributed by atoms with Gasteiger partial charge in [-0.2, -0.15) is 0 Å². The van der Waals surface area contributed by atoms with E-state index in [2.05, 4.69) is 17.6 Å². The van der Waals surface area contributed by atoms with E-state index >= 15 is 0 Å². The van der Waals surface area contributed by atoms with Crippen molar-refractivity contribution >= 4 is 14.6 Å². The predicted molar refractivity (Wildman–Crippen MR) is 71.4 cm³/mol. The Labute approximate surface area is 106 Å². The topological polar surface area (TPSA) is 59.6 Å². The van der Waals surface area contributed by atoms with Gasteiger partial charge in [-0.25, -0.2) is 4.79 Å². The summed E-state index contributed by atoms with van der Waals surface area (Å²) in [5.41, 5.74) is 0. The summed E-state index contributed by atoms with van der Waals surface area (Å²) in [6.07, 6.45) is 2.99. The second-order valence-electron chi connectivity index (χ2n) is 4.18. The number of nitrogens with one attached hydrogen (secondary N) is 2. The second-order valence-corrected chi connectivity index (χ2v) is 7.77. The van der Waals surface area contributed by atoms with E-state index in [1.54, 1.807) is 14.2 Å². The molecule has 0 aromatic heterocycles. The Bertz CT molecular complexity index is 211. The summed E-state index contributed by atoms with van der Waals surface area (Å²) in [7, 11) is 1.39. The molecule has 5 nitrogen and oxygen atoms in total. The van der Waals surface area contributed by atoms with Gasteiger partial charge in [-0.05, 0) is 25.4 Å². The summed E-state index contributed by atoms with van der Waals surface area (Å²) in [6, 6.07) is 0.798. The Kier molecular flexibility index (Phi) is 9.11. The van der Waals surface area contributed by atoms with Crippen LogP contribution in [0.15, 0.2) is 0 Å². The first-order valence-electron chi connectivity index (χ1n) is 6.20. The molecule has 0 fully saturated rings. The van der Waals surface area contributed by atoms with Crippen LogP contribution in [0.5, 0.6) is 0 Å². The van der Waals surface area contributed by atoms with Gasteiger partial charge in [0.1, 0.15) is 0 Å². The Morgan fingerprint density at radius 3 is 2.12 bits per heavy atom. The van der Waals surface area contributed by atoms with Crippen LogP contribution in [0.3, 0.4) is 0 Å². The fourth-order valence-corrected chi connectivity index (χ4v) is 2.73. The molecule has 102 valence electrons. The molecular weight excluding hydrogens is 236 g/mol. The molecule has 0 spiro atoms. The molecule has 0 aromatic rings. The third-order valence-electron chi connectivity index (χ3n) is 2.77. The highest BCUT2D eigenvalue weighted by Crippen LogP contribution is 2.12. The molecule has 0 unspecified atom stereocenters. The van der Waals surface area contributed by atoms with Gasteiger partial charge in [0.15, 0.2) is 0 Å². The zero-order valence-corrected chi connectivity index (χ0v) is 12.5. The highest BCUT2D eigenvalue weighted by molar-refractivity contribution is 6.65. The lowest BCUT2D eigenvalue weighted by molar-refractivity contribution is 0.238. The van der Waals surface area contributed by atoms with E-state index in [1.807, 2.05) is 6.55 Å². The van der Waals surface area contributed by atoms with Gasteiger partial charge in [-0.15, -0.1) is 0 Å². The number of hydrogen-bond donors (Lipinski definition) is 2. The van der Waals surface area contributed by atoms with Gasteiger partial charge in [0.25, 0.3) is 0 Å². The number of carbonyl (C=O) groups is 1. The molecule has 0 saturated carbocycles. The van der Waals surface area contributed by atoms with Gasteiger partial charge in [0.2, 0.25) is 0 Å². The molecule has 2 amide bonds. The molecular formula is C11H26N2O3Si. The lowest BCUT2D eigenvalue weighted by atomic mass is 10.3. The van der Waals surface area contributed by atoms with Crippen molar-refractivity contribution in [3.05, 3.63) is 0 Å². The van der Waals surface area contributed by atoms with Crippen LogP contribution in [0, 0.1) is 0 Å². The van der Waals surface area contributed by atoms with E-state index in [0.29, 0.717) is 6.54 Å². The summed E-state index contributed by atoms with van der Waals surface area (Å²) in [6.45, 7) is 5.52. The van der Waals surface area contributed by atoms with E-state index < -0.39 is 8.56 Å². The van der Waals surface area contributed by atoms with Crippen LogP contribution in [0.2, 0.25) is 12.6 Å². The second kappa shape index (κ2) is 9.44. The molecule has 0 radical (unpaired) electrons. The van der Waals surface area contributed by atoms with Crippen LogP contribution >= 0.6 is 0 Å². The van der Waals surface area contributed by atoms with Crippen molar-refractivity contribution < 1.29 is 13.6 Å². The van der Waals surface area contributed by atoms with Crippen LogP contribution < -0.4 is 10.6 Å². The standard InChI is InChI=1S/C11H26N2O3Si/c1-5-6-8-12-11(14)13-9-7-10-17(4,15-2)16-3/h5-10H2,1-4H3,(H2,12,13,14). The minimum atomic E-state index is -1.97. The van der Waals surface area contributed by atoms with E-state index in [9.17, 15) is 4.79 Å². The van der Waals surface area contributed by atoms with Crippen LogP contribution in [0.1, 0.15) is 26.2 Å². The first-order valence-corrected chi connectivity index (χ1v) is 8.72. The summed E-state index contributed by atoms with van der Waals surface area (Å²) in [4.78, 5) is 11.3. The number of unbranched alkanes of at least 4 members (excludes halogenated alkanes) is 1. The molecule has 0 rings (SSSR count). The summed E-state index contributed by atoms with van der Waals surface area (Å²) >= 11 is 0. The Balaban J connectivity index is 3.53. The quantitative estimate of drug-likeness (QED) is 0.492. The number of carbonyl (C=O) groups excluding carboxylic acids is 1. The molecule has 0 saturated heterocycles. The molecule has 0 heterocycles. The smallest absolute Gasteiger partial charge is 0.334 e. The van der Waals surface area contributed by atoms with Crippen LogP contribution in [0.25, 0.3) is 0 Å². The number of hydrogen-bond acceptors (Lipinski definition) is 3. The fourth-order valence-electron chi connectivity index (χ4n) is 1.34. The van der Waals surface area contributed by atoms with Crippen molar-refractivity contribution in [2.45, 2.75) is 38.8 Å². The largest absolute Gasteiger partial charge is 0.398 e. The van der Waals surface area contributed by atoms with Crippen LogP contribution in [0.4, 0.5) is 4.79 Å². The average molecular weight is 262 g/mol. The highest BCUT2D eigenvalue weighted by Gasteiger charge is 2.27. The van der Waals surface area contributed by atoms with E-state index in [-0.39, 0.29) is 6.03 Å². The van der Waals surface area contributed by atoms with E-state index in [0.717, 1.165) is 31.9 Å². The molecule has 0 aliphatic heterocycles. The van der Waals surface area contributed by atoms with Crippen molar-refractivity contribution in [2.24, 2.45) is 0 Å². The maximum absolute atomic E-state index is 11.3. The SMILES string of the molecule is CCCCNC(=O)NCCC[Si](C)(OC)OC. The van der Waals surface area contributed by atoms with Gasteiger partial charge < -0.3 is 19.5 Å². The first kappa shape index (κ1) is 16.4. The molecule has 6 heteroatoms. The van der Waals surface area contributed by atoms with Crippen molar-refractivity contribution in [2.75, 3.05) is 27.3 Å². The fraction of sp³-hybridized carbons (Fsp3) is 0.909. The molecule has 0 aromatic carbocycles. The lowest BCUT2D eigenvalue weighted by Crippen LogP contribution is -2.39. The lowest BCUT2D eigenvalue weighted by Gasteiger charge is -2.22. The van der Waals surface area contributed by atoms with Crippen molar-refractivity contribution in [3.63, 3.8) is 0 Å². The Morgan fingerprint density at radius 1 is 1.12 bits per heavy atom. The third-order valence-corrected chi connectivity index (χ3v) is 5.76. The van der Waals surface area contributed by atoms with Gasteiger partial charge in [-0.1, -0.05) is 13.3 Å². The van der Waals surface area contributed by atoms with Crippen molar-refractivity contribution in [1.82, 2.24) is 10.6 Å². The number of rotatable bonds is 9. The summed E-state index contributed by atoms with van der Waals surface area (Å²) < 4.78 is 10.7. The predicted octanol–water partition coefficient (Wildman–Crippen LogP) is 1.84. The van der Waals surface area contributed by atoms with Crippen molar-refractivity contribution in [1.29, 1.82) is 0 Å². The molecule has 17 heavy (non-hydrogen) atoms. The zero-order chi connectivity index (χ0) is 13.1. The molecule has 0 atom stereocenters. The monoisotopic (exact) mass is 262 g/mol. The summed E-state index contributed by atoms with van der Waals surface area (Å²) in [5, 5.41) is 5.63. The minimum Gasteiger partial charge on any atom is -0.398 e. The van der Waals surface area contributed by atoms with Crippen molar-refractivity contribution in [3.8, 4) is 0 Å².